The molecule has 88 valence electrons. The minimum absolute atomic E-state index is 0.181. The summed E-state index contributed by atoms with van der Waals surface area (Å²) in [6.07, 6.45) is 2.02. The summed E-state index contributed by atoms with van der Waals surface area (Å²) in [7, 11) is 1.60. The Kier molecular flexibility index (Phi) is 2.89. The number of nitrogens with one attached hydrogen (secondary N) is 1. The maximum Gasteiger partial charge on any atom is 0.131 e. The lowest BCUT2D eigenvalue weighted by atomic mass is 9.88. The van der Waals surface area contributed by atoms with Crippen LogP contribution in [0.2, 0.25) is 0 Å². The van der Waals surface area contributed by atoms with Crippen LogP contribution in [-0.2, 0) is 5.54 Å². The van der Waals surface area contributed by atoms with Gasteiger partial charge < -0.3 is 10.1 Å². The second kappa shape index (κ2) is 4.06. The molecule has 0 radical (unpaired) electrons. The van der Waals surface area contributed by atoms with Gasteiger partial charge in [0.15, 0.2) is 0 Å². The van der Waals surface area contributed by atoms with Crippen molar-refractivity contribution in [3.8, 4) is 5.75 Å². The van der Waals surface area contributed by atoms with Gasteiger partial charge in [0.25, 0.3) is 0 Å². The molecule has 1 aromatic carbocycles. The molecule has 1 heterocycles. The third kappa shape index (κ3) is 1.69. The third-order valence-electron chi connectivity index (χ3n) is 3.43. The topological polar surface area (TPSA) is 21.3 Å². The number of hydrogen-bond acceptors (Lipinski definition) is 2. The molecule has 1 aliphatic rings. The highest BCUT2D eigenvalue weighted by molar-refractivity contribution is 5.46. The van der Waals surface area contributed by atoms with Crippen LogP contribution < -0.4 is 10.1 Å². The van der Waals surface area contributed by atoms with Gasteiger partial charge in [-0.05, 0) is 44.9 Å². The average Bonchev–Trinajstić information content (AvgIpc) is 2.69. The van der Waals surface area contributed by atoms with Crippen LogP contribution in [0.1, 0.15) is 30.9 Å². The van der Waals surface area contributed by atoms with E-state index in [9.17, 15) is 4.39 Å². The van der Waals surface area contributed by atoms with Gasteiger partial charge in [-0.15, -0.1) is 0 Å². The molecule has 2 rings (SSSR count). The number of halogens is 1. The lowest BCUT2D eigenvalue weighted by Crippen LogP contribution is -2.34. The van der Waals surface area contributed by atoms with Crippen molar-refractivity contribution in [3.63, 3.8) is 0 Å². The van der Waals surface area contributed by atoms with E-state index in [4.69, 9.17) is 4.74 Å². The molecule has 0 saturated carbocycles. The zero-order valence-electron chi connectivity index (χ0n) is 10.1. The van der Waals surface area contributed by atoms with Crippen LogP contribution >= 0.6 is 0 Å². The number of aryl methyl sites for hydroxylation is 1. The van der Waals surface area contributed by atoms with E-state index in [1.165, 1.54) is 6.07 Å². The Labute approximate surface area is 95.8 Å². The van der Waals surface area contributed by atoms with Crippen molar-refractivity contribution in [2.75, 3.05) is 13.7 Å². The molecule has 1 unspecified atom stereocenters. The second-order valence-electron chi connectivity index (χ2n) is 4.63. The van der Waals surface area contributed by atoms with E-state index in [-0.39, 0.29) is 11.4 Å². The van der Waals surface area contributed by atoms with E-state index in [1.807, 2.05) is 13.8 Å². The molecule has 1 fully saturated rings. The first-order valence-corrected chi connectivity index (χ1v) is 5.67. The summed E-state index contributed by atoms with van der Waals surface area (Å²) in [6.45, 7) is 4.92. The SMILES string of the molecule is COc1c(C)ccc(F)c1C1(C)CCCN1. The van der Waals surface area contributed by atoms with Gasteiger partial charge in [0.1, 0.15) is 11.6 Å². The summed E-state index contributed by atoms with van der Waals surface area (Å²) < 4.78 is 19.3. The van der Waals surface area contributed by atoms with Crippen LogP contribution in [0.3, 0.4) is 0 Å². The minimum atomic E-state index is -0.290. The molecule has 3 heteroatoms. The third-order valence-corrected chi connectivity index (χ3v) is 3.43. The number of hydrogen-bond donors (Lipinski definition) is 1. The Morgan fingerprint density at radius 1 is 1.44 bits per heavy atom. The fourth-order valence-electron chi connectivity index (χ4n) is 2.55. The highest BCUT2D eigenvalue weighted by Crippen LogP contribution is 2.39. The summed E-state index contributed by atoms with van der Waals surface area (Å²) in [5.41, 5.74) is 1.36. The van der Waals surface area contributed by atoms with E-state index in [0.717, 1.165) is 24.9 Å². The van der Waals surface area contributed by atoms with Crippen LogP contribution in [0.15, 0.2) is 12.1 Å². The van der Waals surface area contributed by atoms with Gasteiger partial charge in [0.05, 0.1) is 7.11 Å². The fraction of sp³-hybridized carbons (Fsp3) is 0.538. The first kappa shape index (κ1) is 11.4. The standard InChI is InChI=1S/C13H18FNO/c1-9-5-6-10(14)11(12(9)16-3)13(2)7-4-8-15-13/h5-6,15H,4,7-8H2,1-3H3. The normalized spacial score (nSPS) is 24.8. The van der Waals surface area contributed by atoms with Crippen molar-refractivity contribution >= 4 is 0 Å². The van der Waals surface area contributed by atoms with Crippen molar-refractivity contribution in [2.45, 2.75) is 32.2 Å². The molecule has 0 aliphatic carbocycles. The molecule has 1 N–H and O–H groups in total. The van der Waals surface area contributed by atoms with E-state index in [0.29, 0.717) is 11.3 Å². The summed E-state index contributed by atoms with van der Waals surface area (Å²) in [4.78, 5) is 0. The highest BCUT2D eigenvalue weighted by atomic mass is 19.1. The van der Waals surface area contributed by atoms with Gasteiger partial charge in [0.2, 0.25) is 0 Å². The Bertz CT molecular complexity index is 397. The predicted octanol–water partition coefficient (Wildman–Crippen LogP) is 2.74. The lowest BCUT2D eigenvalue weighted by Gasteiger charge is -2.28. The van der Waals surface area contributed by atoms with Crippen LogP contribution in [0.25, 0.3) is 0 Å². The van der Waals surface area contributed by atoms with Crippen molar-refractivity contribution in [1.82, 2.24) is 5.32 Å². The molecular formula is C13H18FNO. The smallest absolute Gasteiger partial charge is 0.131 e. The maximum absolute atomic E-state index is 14.0. The maximum atomic E-state index is 14.0. The summed E-state index contributed by atoms with van der Waals surface area (Å²) >= 11 is 0. The van der Waals surface area contributed by atoms with Crippen LogP contribution in [0, 0.1) is 12.7 Å². The number of rotatable bonds is 2. The molecule has 16 heavy (non-hydrogen) atoms. The molecular weight excluding hydrogens is 205 g/mol. The zero-order chi connectivity index (χ0) is 11.8. The van der Waals surface area contributed by atoms with Crippen LogP contribution in [-0.4, -0.2) is 13.7 Å². The quantitative estimate of drug-likeness (QED) is 0.832. The Morgan fingerprint density at radius 3 is 2.75 bits per heavy atom. The summed E-state index contributed by atoms with van der Waals surface area (Å²) in [6, 6.07) is 3.29. The number of methoxy groups -OCH3 is 1. The summed E-state index contributed by atoms with van der Waals surface area (Å²) in [5, 5.41) is 3.37. The van der Waals surface area contributed by atoms with E-state index in [1.54, 1.807) is 13.2 Å². The average molecular weight is 223 g/mol. The first-order chi connectivity index (χ1) is 7.58. The molecule has 1 aliphatic heterocycles. The van der Waals surface area contributed by atoms with Crippen LogP contribution in [0.4, 0.5) is 4.39 Å². The fourth-order valence-corrected chi connectivity index (χ4v) is 2.55. The van der Waals surface area contributed by atoms with Gasteiger partial charge in [-0.1, -0.05) is 6.07 Å². The van der Waals surface area contributed by atoms with Gasteiger partial charge in [-0.3, -0.25) is 0 Å². The number of ether oxygens (including phenoxy) is 1. The first-order valence-electron chi connectivity index (χ1n) is 5.67. The predicted molar refractivity (Wildman–Crippen MR) is 62.3 cm³/mol. The van der Waals surface area contributed by atoms with Gasteiger partial charge in [-0.2, -0.15) is 0 Å². The largest absolute Gasteiger partial charge is 0.496 e. The molecule has 1 aromatic rings. The summed E-state index contributed by atoms with van der Waals surface area (Å²) in [5.74, 6) is 0.497. The van der Waals surface area contributed by atoms with Crippen molar-refractivity contribution in [3.05, 3.63) is 29.1 Å². The molecule has 1 atom stereocenters. The molecule has 0 bridgehead atoms. The number of benzene rings is 1. The minimum Gasteiger partial charge on any atom is -0.496 e. The molecule has 1 saturated heterocycles. The highest BCUT2D eigenvalue weighted by Gasteiger charge is 2.35. The molecule has 0 aromatic heterocycles. The molecule has 0 amide bonds. The zero-order valence-corrected chi connectivity index (χ0v) is 10.1. The van der Waals surface area contributed by atoms with Crippen molar-refractivity contribution in [1.29, 1.82) is 0 Å². The van der Waals surface area contributed by atoms with Gasteiger partial charge in [0, 0.05) is 11.1 Å². The molecule has 2 nitrogen and oxygen atoms in total. The monoisotopic (exact) mass is 223 g/mol. The Balaban J connectivity index is 2.57. The van der Waals surface area contributed by atoms with E-state index < -0.39 is 0 Å². The second-order valence-corrected chi connectivity index (χ2v) is 4.63. The Hall–Kier alpha value is -1.09. The van der Waals surface area contributed by atoms with Crippen molar-refractivity contribution < 1.29 is 9.13 Å². The van der Waals surface area contributed by atoms with Crippen molar-refractivity contribution in [2.24, 2.45) is 0 Å². The van der Waals surface area contributed by atoms with Crippen LogP contribution in [0.5, 0.6) is 5.75 Å². The lowest BCUT2D eigenvalue weighted by molar-refractivity contribution is 0.354. The Morgan fingerprint density at radius 2 is 2.19 bits per heavy atom. The van der Waals surface area contributed by atoms with E-state index in [2.05, 4.69) is 5.32 Å². The molecule has 0 spiro atoms. The van der Waals surface area contributed by atoms with Gasteiger partial charge in [-0.25, -0.2) is 4.39 Å². The van der Waals surface area contributed by atoms with E-state index >= 15 is 0 Å². The van der Waals surface area contributed by atoms with Gasteiger partial charge >= 0.3 is 0 Å².